The van der Waals surface area contributed by atoms with E-state index in [1.54, 1.807) is 0 Å². The molecule has 0 aromatic carbocycles. The van der Waals surface area contributed by atoms with Gasteiger partial charge in [0.2, 0.25) is 10.0 Å². The van der Waals surface area contributed by atoms with Gasteiger partial charge in [-0.1, -0.05) is 19.3 Å². The van der Waals surface area contributed by atoms with Gasteiger partial charge in [0.1, 0.15) is 0 Å². The van der Waals surface area contributed by atoms with Gasteiger partial charge in [-0.15, -0.1) is 0 Å². The minimum atomic E-state index is -3.58. The maximum Gasteiger partial charge on any atom is 0.327 e. The second-order valence-electron chi connectivity index (χ2n) is 5.58. The standard InChI is InChI=1S/C12H21NO5S/c14-11(15)12(6-7-18-9-12)13-19(16,17)8-10-4-2-1-3-5-10/h10,13H,1-9H2,(H,14,15). The lowest BCUT2D eigenvalue weighted by molar-refractivity contribution is -0.144. The zero-order valence-corrected chi connectivity index (χ0v) is 11.7. The molecule has 0 aromatic heterocycles. The first-order chi connectivity index (χ1) is 8.94. The van der Waals surface area contributed by atoms with Gasteiger partial charge in [-0.2, -0.15) is 4.72 Å². The zero-order chi connectivity index (χ0) is 13.9. The van der Waals surface area contributed by atoms with E-state index in [1.807, 2.05) is 0 Å². The normalized spacial score (nSPS) is 29.5. The van der Waals surface area contributed by atoms with Gasteiger partial charge in [0.05, 0.1) is 12.4 Å². The van der Waals surface area contributed by atoms with E-state index in [1.165, 1.54) is 0 Å². The Balaban J connectivity index is 2.01. The summed E-state index contributed by atoms with van der Waals surface area (Å²) >= 11 is 0. The molecule has 2 fully saturated rings. The Morgan fingerprint density at radius 3 is 2.53 bits per heavy atom. The SMILES string of the molecule is O=C(O)C1(NS(=O)(=O)CC2CCCCC2)CCOC1. The maximum absolute atomic E-state index is 12.1. The third-order valence-corrected chi connectivity index (χ3v) is 5.57. The summed E-state index contributed by atoms with van der Waals surface area (Å²) < 4.78 is 31.7. The molecule has 2 N–H and O–H groups in total. The van der Waals surface area contributed by atoms with Gasteiger partial charge in [-0.25, -0.2) is 8.42 Å². The van der Waals surface area contributed by atoms with Crippen LogP contribution in [0.15, 0.2) is 0 Å². The van der Waals surface area contributed by atoms with Crippen molar-refractivity contribution in [2.45, 2.75) is 44.1 Å². The number of sulfonamides is 1. The summed E-state index contributed by atoms with van der Waals surface area (Å²) in [6.07, 6.45) is 5.30. The van der Waals surface area contributed by atoms with Crippen molar-refractivity contribution in [2.75, 3.05) is 19.0 Å². The number of carboxylic acid groups (broad SMARTS) is 1. The van der Waals surface area contributed by atoms with Crippen LogP contribution in [0.3, 0.4) is 0 Å². The fourth-order valence-corrected chi connectivity index (χ4v) is 4.74. The molecule has 1 unspecified atom stereocenters. The summed E-state index contributed by atoms with van der Waals surface area (Å²) in [5, 5.41) is 9.23. The molecule has 0 bridgehead atoms. The van der Waals surface area contributed by atoms with Crippen molar-refractivity contribution in [1.82, 2.24) is 4.72 Å². The van der Waals surface area contributed by atoms with Gasteiger partial charge in [-0.05, 0) is 18.8 Å². The van der Waals surface area contributed by atoms with Crippen LogP contribution >= 0.6 is 0 Å². The second kappa shape index (κ2) is 5.76. The average Bonchev–Trinajstić information content (AvgIpc) is 2.78. The molecule has 2 rings (SSSR count). The van der Waals surface area contributed by atoms with Crippen molar-refractivity contribution >= 4 is 16.0 Å². The number of ether oxygens (including phenoxy) is 1. The predicted octanol–water partition coefficient (Wildman–Crippen LogP) is 0.730. The van der Waals surface area contributed by atoms with Crippen LogP contribution < -0.4 is 4.72 Å². The molecule has 110 valence electrons. The molecule has 1 heterocycles. The number of rotatable bonds is 5. The van der Waals surface area contributed by atoms with E-state index in [2.05, 4.69) is 4.72 Å². The molecule has 0 amide bonds. The first-order valence-corrected chi connectivity index (χ1v) is 8.42. The summed E-state index contributed by atoms with van der Waals surface area (Å²) in [6.45, 7) is 0.185. The Kier molecular flexibility index (Phi) is 4.47. The fourth-order valence-electron chi connectivity index (χ4n) is 2.86. The van der Waals surface area contributed by atoms with Gasteiger partial charge >= 0.3 is 5.97 Å². The van der Waals surface area contributed by atoms with Crippen LogP contribution in [-0.4, -0.2) is 44.0 Å². The Morgan fingerprint density at radius 1 is 1.32 bits per heavy atom. The van der Waals surface area contributed by atoms with E-state index >= 15 is 0 Å². The zero-order valence-electron chi connectivity index (χ0n) is 10.9. The molecule has 7 heteroatoms. The van der Waals surface area contributed by atoms with E-state index in [9.17, 15) is 18.3 Å². The smallest absolute Gasteiger partial charge is 0.327 e. The number of carbonyl (C=O) groups is 1. The van der Waals surface area contributed by atoms with Crippen molar-refractivity contribution in [1.29, 1.82) is 0 Å². The molecule has 0 spiro atoms. The van der Waals surface area contributed by atoms with Crippen LogP contribution in [0.2, 0.25) is 0 Å². The van der Waals surface area contributed by atoms with Crippen LogP contribution in [0.4, 0.5) is 0 Å². The predicted molar refractivity (Wildman–Crippen MR) is 69.3 cm³/mol. The fraction of sp³-hybridized carbons (Fsp3) is 0.917. The van der Waals surface area contributed by atoms with Crippen LogP contribution in [0, 0.1) is 5.92 Å². The lowest BCUT2D eigenvalue weighted by atomic mass is 9.91. The third-order valence-electron chi connectivity index (χ3n) is 3.96. The summed E-state index contributed by atoms with van der Waals surface area (Å²) in [7, 11) is -3.58. The molecule has 1 atom stereocenters. The highest BCUT2D eigenvalue weighted by Gasteiger charge is 2.45. The lowest BCUT2D eigenvalue weighted by Gasteiger charge is -2.26. The van der Waals surface area contributed by atoms with E-state index < -0.39 is 21.5 Å². The Bertz CT molecular complexity index is 421. The van der Waals surface area contributed by atoms with Gasteiger partial charge in [0.15, 0.2) is 5.54 Å². The molecular weight excluding hydrogens is 270 g/mol. The molecule has 0 radical (unpaired) electrons. The molecule has 1 aliphatic carbocycles. The molecule has 0 aromatic rings. The quantitative estimate of drug-likeness (QED) is 0.779. The molecule has 1 saturated carbocycles. The van der Waals surface area contributed by atoms with Crippen molar-refractivity contribution in [3.05, 3.63) is 0 Å². The van der Waals surface area contributed by atoms with Gasteiger partial charge < -0.3 is 9.84 Å². The monoisotopic (exact) mass is 291 g/mol. The van der Waals surface area contributed by atoms with Crippen LogP contribution in [-0.2, 0) is 19.6 Å². The average molecular weight is 291 g/mol. The lowest BCUT2D eigenvalue weighted by Crippen LogP contribution is -2.56. The molecule has 1 saturated heterocycles. The summed E-state index contributed by atoms with van der Waals surface area (Å²) in [5.41, 5.74) is -1.46. The Hall–Kier alpha value is -0.660. The highest BCUT2D eigenvalue weighted by atomic mass is 32.2. The van der Waals surface area contributed by atoms with Crippen molar-refractivity contribution in [2.24, 2.45) is 5.92 Å². The second-order valence-corrected chi connectivity index (χ2v) is 7.34. The first-order valence-electron chi connectivity index (χ1n) is 6.76. The Morgan fingerprint density at radius 2 is 2.00 bits per heavy atom. The third kappa shape index (κ3) is 3.67. The number of nitrogens with one attached hydrogen (secondary N) is 1. The molecule has 2 aliphatic rings. The van der Waals surface area contributed by atoms with Crippen molar-refractivity contribution in [3.8, 4) is 0 Å². The summed E-state index contributed by atoms with van der Waals surface area (Å²) in [4.78, 5) is 11.3. The summed E-state index contributed by atoms with van der Waals surface area (Å²) in [5.74, 6) is -0.973. The van der Waals surface area contributed by atoms with Gasteiger partial charge in [0, 0.05) is 13.0 Å². The molecule has 19 heavy (non-hydrogen) atoms. The Labute approximate surface area is 113 Å². The molecule has 6 nitrogen and oxygen atoms in total. The minimum Gasteiger partial charge on any atom is -0.480 e. The maximum atomic E-state index is 12.1. The first kappa shape index (κ1) is 14.7. The summed E-state index contributed by atoms with van der Waals surface area (Å²) in [6, 6.07) is 0. The van der Waals surface area contributed by atoms with Crippen LogP contribution in [0.25, 0.3) is 0 Å². The number of hydrogen-bond donors (Lipinski definition) is 2. The topological polar surface area (TPSA) is 92.7 Å². The highest BCUT2D eigenvalue weighted by molar-refractivity contribution is 7.89. The number of aliphatic carboxylic acids is 1. The molecular formula is C12H21NO5S. The van der Waals surface area contributed by atoms with E-state index in [-0.39, 0.29) is 31.3 Å². The highest BCUT2D eigenvalue weighted by Crippen LogP contribution is 2.26. The van der Waals surface area contributed by atoms with E-state index in [0.29, 0.717) is 0 Å². The van der Waals surface area contributed by atoms with Crippen LogP contribution in [0.5, 0.6) is 0 Å². The van der Waals surface area contributed by atoms with Crippen molar-refractivity contribution < 1.29 is 23.1 Å². The number of carboxylic acids is 1. The van der Waals surface area contributed by atoms with Gasteiger partial charge in [-0.3, -0.25) is 4.79 Å². The van der Waals surface area contributed by atoms with Gasteiger partial charge in [0.25, 0.3) is 0 Å². The van der Waals surface area contributed by atoms with E-state index in [0.717, 1.165) is 32.1 Å². The largest absolute Gasteiger partial charge is 0.480 e. The molecule has 1 aliphatic heterocycles. The number of hydrogen-bond acceptors (Lipinski definition) is 4. The minimum absolute atomic E-state index is 0.0298. The van der Waals surface area contributed by atoms with E-state index in [4.69, 9.17) is 4.74 Å². The van der Waals surface area contributed by atoms with Crippen LogP contribution in [0.1, 0.15) is 38.5 Å². The van der Waals surface area contributed by atoms with Crippen molar-refractivity contribution in [3.63, 3.8) is 0 Å².